The Morgan fingerprint density at radius 3 is 2.59 bits per heavy atom. The van der Waals surface area contributed by atoms with Crippen molar-refractivity contribution in [3.8, 4) is 0 Å². The summed E-state index contributed by atoms with van der Waals surface area (Å²) in [7, 11) is -1.18. The van der Waals surface area contributed by atoms with Crippen molar-refractivity contribution in [1.82, 2.24) is 9.29 Å². The molecule has 0 fully saturated rings. The van der Waals surface area contributed by atoms with Gasteiger partial charge in [0.1, 0.15) is 16.4 Å². The molecule has 0 radical (unpaired) electrons. The Labute approximate surface area is 156 Å². The lowest BCUT2D eigenvalue weighted by molar-refractivity contribution is -0.116. The highest BCUT2D eigenvalue weighted by Crippen LogP contribution is 2.16. The Morgan fingerprint density at radius 1 is 1.26 bits per heavy atom. The summed E-state index contributed by atoms with van der Waals surface area (Å²) in [4.78, 5) is 23.4. The number of anilines is 1. The summed E-state index contributed by atoms with van der Waals surface area (Å²) in [5.74, 6) is -1.49. The van der Waals surface area contributed by atoms with Gasteiger partial charge >= 0.3 is 5.97 Å². The second kappa shape index (κ2) is 8.31. The van der Waals surface area contributed by atoms with Crippen molar-refractivity contribution in [2.45, 2.75) is 18.2 Å². The fourth-order valence-corrected chi connectivity index (χ4v) is 3.45. The van der Waals surface area contributed by atoms with E-state index in [9.17, 15) is 22.4 Å². The van der Waals surface area contributed by atoms with Crippen LogP contribution in [0.25, 0.3) is 0 Å². The van der Waals surface area contributed by atoms with Gasteiger partial charge in [-0.1, -0.05) is 0 Å². The smallest absolute Gasteiger partial charge is 0.354 e. The number of carbonyl (C=O) groups excluding carboxylic acids is 2. The Hall–Kier alpha value is -2.72. The van der Waals surface area contributed by atoms with Gasteiger partial charge in [-0.05, 0) is 36.8 Å². The molecule has 0 atom stereocenters. The summed E-state index contributed by atoms with van der Waals surface area (Å²) in [5.41, 5.74) is 1.10. The largest absolute Gasteiger partial charge is 0.464 e. The summed E-state index contributed by atoms with van der Waals surface area (Å²) < 4.78 is 45.9. The minimum Gasteiger partial charge on any atom is -0.464 e. The number of nitrogens with one attached hydrogen (secondary N) is 2. The molecule has 0 aliphatic rings. The lowest BCUT2D eigenvalue weighted by Gasteiger charge is -2.09. The monoisotopic (exact) mass is 397 g/mol. The van der Waals surface area contributed by atoms with Crippen LogP contribution < -0.4 is 10.0 Å². The molecule has 8 nitrogen and oxygen atoms in total. The van der Waals surface area contributed by atoms with Gasteiger partial charge in [0, 0.05) is 31.9 Å². The van der Waals surface area contributed by atoms with Crippen molar-refractivity contribution in [2.75, 3.05) is 19.0 Å². The van der Waals surface area contributed by atoms with E-state index in [-0.39, 0.29) is 23.6 Å². The van der Waals surface area contributed by atoms with Crippen LogP contribution in [0.5, 0.6) is 0 Å². The number of aryl methyl sites for hydroxylation is 2. The van der Waals surface area contributed by atoms with E-state index in [1.807, 2.05) is 0 Å². The first-order valence-corrected chi connectivity index (χ1v) is 9.42. The number of benzene rings is 1. The predicted molar refractivity (Wildman–Crippen MR) is 96.3 cm³/mol. The standard InChI is InChI=1S/C17H20FN3O5S/c1-11-8-12(18)4-5-14(11)20-16(22)6-7-19-27(24,25)13-9-15(17(23)26-3)21(2)10-13/h4-5,8-10,19H,6-7H2,1-3H3,(H,20,22). The molecule has 1 heterocycles. The maximum absolute atomic E-state index is 13.1. The molecule has 1 amide bonds. The number of hydrogen-bond donors (Lipinski definition) is 2. The first-order chi connectivity index (χ1) is 12.6. The Morgan fingerprint density at radius 2 is 1.96 bits per heavy atom. The first-order valence-electron chi connectivity index (χ1n) is 7.94. The van der Waals surface area contributed by atoms with Crippen LogP contribution in [-0.2, 0) is 26.6 Å². The fourth-order valence-electron chi connectivity index (χ4n) is 2.35. The number of hydrogen-bond acceptors (Lipinski definition) is 5. The average Bonchev–Trinajstić information content (AvgIpc) is 2.99. The molecule has 0 aliphatic carbocycles. The van der Waals surface area contributed by atoms with Crippen LogP contribution in [0, 0.1) is 12.7 Å². The van der Waals surface area contributed by atoms with Gasteiger partial charge in [0.15, 0.2) is 0 Å². The third-order valence-electron chi connectivity index (χ3n) is 3.79. The minimum atomic E-state index is -3.89. The lowest BCUT2D eigenvalue weighted by Crippen LogP contribution is -2.27. The molecule has 27 heavy (non-hydrogen) atoms. The van der Waals surface area contributed by atoms with Crippen LogP contribution in [0.3, 0.4) is 0 Å². The second-order valence-corrected chi connectivity index (χ2v) is 7.59. The molecule has 0 bridgehead atoms. The maximum atomic E-state index is 13.1. The molecular formula is C17H20FN3O5S. The van der Waals surface area contributed by atoms with E-state index < -0.39 is 27.7 Å². The van der Waals surface area contributed by atoms with Gasteiger partial charge in [-0.3, -0.25) is 4.79 Å². The van der Waals surface area contributed by atoms with E-state index in [0.717, 1.165) is 0 Å². The fraction of sp³-hybridized carbons (Fsp3) is 0.294. The molecule has 0 saturated heterocycles. The predicted octanol–water partition coefficient (Wildman–Crippen LogP) is 1.57. The number of amides is 1. The van der Waals surface area contributed by atoms with Gasteiger partial charge in [0.05, 0.1) is 7.11 Å². The zero-order valence-electron chi connectivity index (χ0n) is 15.1. The van der Waals surface area contributed by atoms with E-state index in [1.54, 1.807) is 6.92 Å². The third kappa shape index (κ3) is 5.14. The van der Waals surface area contributed by atoms with Crippen LogP contribution in [0.2, 0.25) is 0 Å². The summed E-state index contributed by atoms with van der Waals surface area (Å²) in [5, 5.41) is 2.59. The third-order valence-corrected chi connectivity index (χ3v) is 5.22. The van der Waals surface area contributed by atoms with E-state index in [0.29, 0.717) is 11.3 Å². The topological polar surface area (TPSA) is 106 Å². The average molecular weight is 397 g/mol. The van der Waals surface area contributed by atoms with Gasteiger partial charge in [-0.15, -0.1) is 0 Å². The van der Waals surface area contributed by atoms with Crippen LogP contribution >= 0.6 is 0 Å². The van der Waals surface area contributed by atoms with E-state index in [2.05, 4.69) is 14.8 Å². The molecule has 146 valence electrons. The van der Waals surface area contributed by atoms with Crippen LogP contribution in [0.1, 0.15) is 22.5 Å². The van der Waals surface area contributed by atoms with Crippen LogP contribution in [-0.4, -0.2) is 38.5 Å². The van der Waals surface area contributed by atoms with Crippen LogP contribution in [0.15, 0.2) is 35.4 Å². The number of carbonyl (C=O) groups is 2. The summed E-state index contributed by atoms with van der Waals surface area (Å²) >= 11 is 0. The van der Waals surface area contributed by atoms with Gasteiger partial charge in [-0.2, -0.15) is 0 Å². The molecule has 0 unspecified atom stereocenters. The van der Waals surface area contributed by atoms with Crippen LogP contribution in [0.4, 0.5) is 10.1 Å². The minimum absolute atomic E-state index is 0.0856. The molecule has 1 aromatic heterocycles. The van der Waals surface area contributed by atoms with E-state index in [1.165, 1.54) is 49.2 Å². The van der Waals surface area contributed by atoms with Gasteiger partial charge in [0.2, 0.25) is 15.9 Å². The normalized spacial score (nSPS) is 11.3. The summed E-state index contributed by atoms with van der Waals surface area (Å²) in [6, 6.07) is 5.13. The number of ether oxygens (including phenoxy) is 1. The number of aromatic nitrogens is 1. The van der Waals surface area contributed by atoms with Crippen molar-refractivity contribution in [2.24, 2.45) is 7.05 Å². The number of nitrogens with zero attached hydrogens (tertiary/aromatic N) is 1. The van der Waals surface area contributed by atoms with Gasteiger partial charge in [-0.25, -0.2) is 22.3 Å². The van der Waals surface area contributed by atoms with Crippen molar-refractivity contribution in [1.29, 1.82) is 0 Å². The van der Waals surface area contributed by atoms with Crippen molar-refractivity contribution < 1.29 is 27.1 Å². The molecule has 2 N–H and O–H groups in total. The molecular weight excluding hydrogens is 377 g/mol. The number of sulfonamides is 1. The zero-order chi connectivity index (χ0) is 20.2. The number of halogens is 1. The first kappa shape index (κ1) is 20.6. The molecule has 2 rings (SSSR count). The lowest BCUT2D eigenvalue weighted by atomic mass is 10.2. The highest BCUT2D eigenvalue weighted by Gasteiger charge is 2.21. The molecule has 2 aromatic rings. The highest BCUT2D eigenvalue weighted by molar-refractivity contribution is 7.89. The van der Waals surface area contributed by atoms with Gasteiger partial charge < -0.3 is 14.6 Å². The Balaban J connectivity index is 1.95. The molecule has 0 saturated carbocycles. The van der Waals surface area contributed by atoms with Crippen molar-refractivity contribution >= 4 is 27.6 Å². The van der Waals surface area contributed by atoms with Crippen molar-refractivity contribution in [3.05, 3.63) is 47.5 Å². The highest BCUT2D eigenvalue weighted by atomic mass is 32.2. The maximum Gasteiger partial charge on any atom is 0.354 e. The quantitative estimate of drug-likeness (QED) is 0.690. The van der Waals surface area contributed by atoms with E-state index >= 15 is 0 Å². The number of methoxy groups -OCH3 is 1. The Kier molecular flexibility index (Phi) is 6.34. The Bertz CT molecular complexity index is 969. The van der Waals surface area contributed by atoms with Crippen molar-refractivity contribution in [3.63, 3.8) is 0 Å². The number of rotatable bonds is 7. The SMILES string of the molecule is COC(=O)c1cc(S(=O)(=O)NCCC(=O)Nc2ccc(F)cc2C)cn1C. The molecule has 1 aromatic carbocycles. The second-order valence-electron chi connectivity index (χ2n) is 5.82. The van der Waals surface area contributed by atoms with Gasteiger partial charge in [0.25, 0.3) is 0 Å². The summed E-state index contributed by atoms with van der Waals surface area (Å²) in [6.07, 6.45) is 1.16. The molecule has 0 spiro atoms. The zero-order valence-corrected chi connectivity index (χ0v) is 15.9. The molecule has 0 aliphatic heterocycles. The molecule has 10 heteroatoms. The van der Waals surface area contributed by atoms with E-state index in [4.69, 9.17) is 0 Å². The summed E-state index contributed by atoms with van der Waals surface area (Å²) in [6.45, 7) is 1.51. The number of esters is 1.